The molecule has 1 amide bonds. The molecule has 0 radical (unpaired) electrons. The SMILES string of the molecule is C[C@@H]1COC(CNC(=O)OC(C)(C)C)CN1. The number of rotatable bonds is 2. The van der Waals surface area contributed by atoms with Gasteiger partial charge in [0.15, 0.2) is 0 Å². The van der Waals surface area contributed by atoms with Crippen molar-refractivity contribution in [3.05, 3.63) is 0 Å². The maximum Gasteiger partial charge on any atom is 0.407 e. The van der Waals surface area contributed by atoms with Crippen molar-refractivity contribution < 1.29 is 14.3 Å². The van der Waals surface area contributed by atoms with Crippen molar-refractivity contribution in [2.75, 3.05) is 19.7 Å². The minimum absolute atomic E-state index is 0.0312. The van der Waals surface area contributed by atoms with Gasteiger partial charge in [0.25, 0.3) is 0 Å². The van der Waals surface area contributed by atoms with Crippen LogP contribution in [0.4, 0.5) is 4.79 Å². The normalized spacial score (nSPS) is 26.2. The van der Waals surface area contributed by atoms with Gasteiger partial charge in [-0.05, 0) is 27.7 Å². The highest BCUT2D eigenvalue weighted by Crippen LogP contribution is 2.06. The fourth-order valence-electron chi connectivity index (χ4n) is 1.37. The molecule has 0 saturated carbocycles. The third-order valence-corrected chi connectivity index (χ3v) is 2.15. The minimum Gasteiger partial charge on any atom is -0.444 e. The Kier molecular flexibility index (Phi) is 4.56. The van der Waals surface area contributed by atoms with Crippen LogP contribution >= 0.6 is 0 Å². The van der Waals surface area contributed by atoms with Gasteiger partial charge in [-0.25, -0.2) is 4.79 Å². The van der Waals surface area contributed by atoms with Gasteiger partial charge in [-0.2, -0.15) is 0 Å². The molecule has 2 N–H and O–H groups in total. The fraction of sp³-hybridized carbons (Fsp3) is 0.909. The van der Waals surface area contributed by atoms with E-state index in [9.17, 15) is 4.79 Å². The van der Waals surface area contributed by atoms with Gasteiger partial charge in [0, 0.05) is 19.1 Å². The maximum absolute atomic E-state index is 11.4. The van der Waals surface area contributed by atoms with Crippen molar-refractivity contribution in [3.63, 3.8) is 0 Å². The summed E-state index contributed by atoms with van der Waals surface area (Å²) in [6.07, 6.45) is -0.363. The van der Waals surface area contributed by atoms with Gasteiger partial charge < -0.3 is 20.1 Å². The summed E-state index contributed by atoms with van der Waals surface area (Å²) >= 11 is 0. The first kappa shape index (κ1) is 13.3. The average molecular weight is 230 g/mol. The zero-order valence-electron chi connectivity index (χ0n) is 10.5. The molecule has 1 unspecified atom stereocenters. The molecular formula is C11H22N2O3. The molecule has 0 aliphatic carbocycles. The second kappa shape index (κ2) is 5.50. The monoisotopic (exact) mass is 230 g/mol. The topological polar surface area (TPSA) is 59.6 Å². The van der Waals surface area contributed by atoms with Gasteiger partial charge >= 0.3 is 6.09 Å². The van der Waals surface area contributed by atoms with Crippen molar-refractivity contribution >= 4 is 6.09 Å². The first-order valence-corrected chi connectivity index (χ1v) is 5.68. The highest BCUT2D eigenvalue weighted by atomic mass is 16.6. The highest BCUT2D eigenvalue weighted by Gasteiger charge is 2.20. The predicted molar refractivity (Wildman–Crippen MR) is 61.4 cm³/mol. The molecule has 2 atom stereocenters. The lowest BCUT2D eigenvalue weighted by atomic mass is 10.2. The Hall–Kier alpha value is -0.810. The Morgan fingerprint density at radius 2 is 2.25 bits per heavy atom. The van der Waals surface area contributed by atoms with E-state index in [1.54, 1.807) is 0 Å². The van der Waals surface area contributed by atoms with Crippen LogP contribution in [0.15, 0.2) is 0 Å². The molecule has 1 aliphatic rings. The maximum atomic E-state index is 11.4. The summed E-state index contributed by atoms with van der Waals surface area (Å²) in [5.41, 5.74) is -0.454. The number of amides is 1. The molecule has 0 spiro atoms. The quantitative estimate of drug-likeness (QED) is 0.739. The van der Waals surface area contributed by atoms with E-state index in [-0.39, 0.29) is 6.10 Å². The van der Waals surface area contributed by atoms with Crippen LogP contribution in [0.5, 0.6) is 0 Å². The molecule has 0 aromatic carbocycles. The smallest absolute Gasteiger partial charge is 0.407 e. The third-order valence-electron chi connectivity index (χ3n) is 2.15. The van der Waals surface area contributed by atoms with Crippen molar-refractivity contribution in [1.29, 1.82) is 0 Å². The van der Waals surface area contributed by atoms with E-state index in [1.807, 2.05) is 20.8 Å². The summed E-state index contributed by atoms with van der Waals surface area (Å²) in [4.78, 5) is 11.4. The third kappa shape index (κ3) is 5.32. The summed E-state index contributed by atoms with van der Waals surface area (Å²) in [6, 6.07) is 0.387. The molecule has 5 nitrogen and oxygen atoms in total. The van der Waals surface area contributed by atoms with Crippen LogP contribution in [-0.2, 0) is 9.47 Å². The molecule has 1 rings (SSSR count). The van der Waals surface area contributed by atoms with Crippen molar-refractivity contribution in [1.82, 2.24) is 10.6 Å². The van der Waals surface area contributed by atoms with Crippen LogP contribution in [0.2, 0.25) is 0 Å². The van der Waals surface area contributed by atoms with Crippen LogP contribution < -0.4 is 10.6 Å². The van der Waals surface area contributed by atoms with E-state index >= 15 is 0 Å². The first-order valence-electron chi connectivity index (χ1n) is 5.68. The molecule has 1 saturated heterocycles. The number of carbonyl (C=O) groups is 1. The fourth-order valence-corrected chi connectivity index (χ4v) is 1.37. The second-order valence-corrected chi connectivity index (χ2v) is 5.15. The molecule has 1 heterocycles. The van der Waals surface area contributed by atoms with Gasteiger partial charge in [0.05, 0.1) is 12.7 Å². The zero-order valence-corrected chi connectivity index (χ0v) is 10.5. The molecular weight excluding hydrogens is 208 g/mol. The van der Waals surface area contributed by atoms with Gasteiger partial charge in [-0.1, -0.05) is 0 Å². The first-order chi connectivity index (χ1) is 7.37. The summed E-state index contributed by atoms with van der Waals surface area (Å²) in [5.74, 6) is 0. The molecule has 5 heteroatoms. The number of hydrogen-bond acceptors (Lipinski definition) is 4. The largest absolute Gasteiger partial charge is 0.444 e. The van der Waals surface area contributed by atoms with Crippen molar-refractivity contribution in [2.24, 2.45) is 0 Å². The molecule has 16 heavy (non-hydrogen) atoms. The number of nitrogens with one attached hydrogen (secondary N) is 2. The van der Waals surface area contributed by atoms with Crippen LogP contribution in [0.3, 0.4) is 0 Å². The van der Waals surface area contributed by atoms with E-state index in [4.69, 9.17) is 9.47 Å². The van der Waals surface area contributed by atoms with Crippen LogP contribution in [0, 0.1) is 0 Å². The summed E-state index contributed by atoms with van der Waals surface area (Å²) in [5, 5.41) is 5.98. The number of ether oxygens (including phenoxy) is 2. The Balaban J connectivity index is 2.17. The Morgan fingerprint density at radius 1 is 1.56 bits per heavy atom. The van der Waals surface area contributed by atoms with E-state index in [0.717, 1.165) is 6.54 Å². The number of morpholine rings is 1. The van der Waals surface area contributed by atoms with Crippen LogP contribution in [-0.4, -0.2) is 43.5 Å². The minimum atomic E-state index is -0.454. The lowest BCUT2D eigenvalue weighted by Gasteiger charge is -2.28. The second-order valence-electron chi connectivity index (χ2n) is 5.15. The zero-order chi connectivity index (χ0) is 12.2. The molecule has 0 bridgehead atoms. The summed E-state index contributed by atoms with van der Waals surface area (Å²) in [6.45, 7) is 9.51. The molecule has 1 aliphatic heterocycles. The van der Waals surface area contributed by atoms with Gasteiger partial charge in [0.1, 0.15) is 5.60 Å². The molecule has 0 aromatic rings. The van der Waals surface area contributed by atoms with Gasteiger partial charge in [0.2, 0.25) is 0 Å². The standard InChI is InChI=1S/C11H22N2O3/c1-8-7-15-9(5-12-8)6-13-10(14)16-11(2,3)4/h8-9,12H,5-7H2,1-4H3,(H,13,14)/t8-,9?/m1/s1. The predicted octanol–water partition coefficient (Wildman–Crippen LogP) is 0.888. The summed E-state index contributed by atoms with van der Waals surface area (Å²) < 4.78 is 10.7. The van der Waals surface area contributed by atoms with E-state index in [0.29, 0.717) is 19.2 Å². The lowest BCUT2D eigenvalue weighted by Crippen LogP contribution is -2.49. The van der Waals surface area contributed by atoms with E-state index in [2.05, 4.69) is 17.6 Å². The Bertz CT molecular complexity index is 230. The van der Waals surface area contributed by atoms with Crippen molar-refractivity contribution in [3.8, 4) is 0 Å². The molecule has 1 fully saturated rings. The Labute approximate surface area is 96.9 Å². The van der Waals surface area contributed by atoms with Gasteiger partial charge in [-0.15, -0.1) is 0 Å². The Morgan fingerprint density at radius 3 is 2.75 bits per heavy atom. The van der Waals surface area contributed by atoms with E-state index in [1.165, 1.54) is 0 Å². The highest BCUT2D eigenvalue weighted by molar-refractivity contribution is 5.67. The van der Waals surface area contributed by atoms with Crippen LogP contribution in [0.1, 0.15) is 27.7 Å². The average Bonchev–Trinajstić information content (AvgIpc) is 2.14. The van der Waals surface area contributed by atoms with E-state index < -0.39 is 11.7 Å². The molecule has 0 aromatic heterocycles. The van der Waals surface area contributed by atoms with Crippen molar-refractivity contribution in [2.45, 2.75) is 45.4 Å². The summed E-state index contributed by atoms with van der Waals surface area (Å²) in [7, 11) is 0. The number of carbonyl (C=O) groups excluding carboxylic acids is 1. The van der Waals surface area contributed by atoms with Gasteiger partial charge in [-0.3, -0.25) is 0 Å². The number of hydrogen-bond donors (Lipinski definition) is 2. The van der Waals surface area contributed by atoms with Crippen LogP contribution in [0.25, 0.3) is 0 Å². The lowest BCUT2D eigenvalue weighted by molar-refractivity contribution is 0.00458. The molecule has 94 valence electrons. The number of alkyl carbamates (subject to hydrolysis) is 1.